The number of carbonyl (C=O) groups excluding carboxylic acids is 1. The van der Waals surface area contributed by atoms with Crippen molar-refractivity contribution in [1.82, 2.24) is 5.48 Å². The van der Waals surface area contributed by atoms with Crippen LogP contribution in [0.2, 0.25) is 0 Å². The number of amides is 1. The van der Waals surface area contributed by atoms with Crippen molar-refractivity contribution in [2.24, 2.45) is 0 Å². The molecule has 0 aliphatic carbocycles. The summed E-state index contributed by atoms with van der Waals surface area (Å²) < 4.78 is 2.21. The first-order valence-electron chi connectivity index (χ1n) is 6.88. The monoisotopic (exact) mass is 526 g/mol. The zero-order chi connectivity index (χ0) is 16.4. The van der Waals surface area contributed by atoms with Crippen LogP contribution < -0.4 is 10.4 Å². The van der Waals surface area contributed by atoms with Gasteiger partial charge in [-0.25, -0.2) is 5.48 Å². The molecule has 0 aromatic heterocycles. The second-order valence-electron chi connectivity index (χ2n) is 4.65. The molecule has 0 atom stereocenters. The van der Waals surface area contributed by atoms with Gasteiger partial charge in [0.15, 0.2) is 0 Å². The van der Waals surface area contributed by atoms with Crippen molar-refractivity contribution in [3.05, 3.63) is 47.6 Å². The van der Waals surface area contributed by atoms with Crippen molar-refractivity contribution in [2.75, 3.05) is 26.8 Å². The van der Waals surface area contributed by atoms with Crippen LogP contribution in [0.4, 0.5) is 5.69 Å². The van der Waals surface area contributed by atoms with Gasteiger partial charge in [0.05, 0.1) is 0 Å². The maximum atomic E-state index is 10.9. The highest BCUT2D eigenvalue weighted by Gasteiger charge is 2.04. The molecule has 0 radical (unpaired) electrons. The van der Waals surface area contributed by atoms with E-state index in [1.165, 1.54) is 11.8 Å². The summed E-state index contributed by atoms with van der Waals surface area (Å²) in [6.07, 6.45) is 4.95. The highest BCUT2D eigenvalue weighted by Crippen LogP contribution is 2.17. The van der Waals surface area contributed by atoms with Crippen molar-refractivity contribution in [1.29, 1.82) is 0 Å². The Kier molecular flexibility index (Phi) is 9.73. The molecule has 6 heteroatoms. The van der Waals surface area contributed by atoms with Gasteiger partial charge in [-0.05, 0) is 24.6 Å². The van der Waals surface area contributed by atoms with Gasteiger partial charge >= 0.3 is 0 Å². The highest BCUT2D eigenvalue weighted by molar-refractivity contribution is 14.1. The minimum atomic E-state index is -0.531. The Balaban J connectivity index is 2.79. The number of hydrogen-bond acceptors (Lipinski definition) is 3. The van der Waals surface area contributed by atoms with Crippen molar-refractivity contribution < 1.29 is 10.0 Å². The van der Waals surface area contributed by atoms with E-state index in [-0.39, 0.29) is 0 Å². The van der Waals surface area contributed by atoms with Crippen molar-refractivity contribution in [2.45, 2.75) is 6.92 Å². The topological polar surface area (TPSA) is 52.6 Å². The van der Waals surface area contributed by atoms with E-state index in [9.17, 15) is 4.79 Å². The molecular weight excluding hydrogens is 506 g/mol. The Morgan fingerprint density at radius 3 is 2.27 bits per heavy atom. The third-order valence-corrected chi connectivity index (χ3v) is 3.93. The molecule has 0 spiro atoms. The Bertz CT molecular complexity index is 521. The predicted octanol–water partition coefficient (Wildman–Crippen LogP) is 3.83. The van der Waals surface area contributed by atoms with Gasteiger partial charge in [0.2, 0.25) is 0 Å². The summed E-state index contributed by atoms with van der Waals surface area (Å²) in [4.78, 5) is 13.3. The predicted molar refractivity (Wildman–Crippen MR) is 109 cm³/mol. The van der Waals surface area contributed by atoms with Crippen molar-refractivity contribution >= 4 is 62.9 Å². The van der Waals surface area contributed by atoms with E-state index in [1.807, 2.05) is 13.0 Å². The number of carbonyl (C=O) groups is 1. The van der Waals surface area contributed by atoms with Crippen LogP contribution in [0.3, 0.4) is 0 Å². The zero-order valence-electron chi connectivity index (χ0n) is 12.4. The fourth-order valence-corrected chi connectivity index (χ4v) is 3.08. The highest BCUT2D eigenvalue weighted by atomic mass is 127. The largest absolute Gasteiger partial charge is 0.370 e. The van der Waals surface area contributed by atoms with E-state index in [1.54, 1.807) is 11.6 Å². The molecule has 0 saturated carbocycles. The van der Waals surface area contributed by atoms with Crippen LogP contribution in [-0.4, -0.2) is 33.1 Å². The summed E-state index contributed by atoms with van der Waals surface area (Å²) >= 11 is 4.80. The lowest BCUT2D eigenvalue weighted by molar-refractivity contribution is -0.124. The average molecular weight is 526 g/mol. The van der Waals surface area contributed by atoms with Crippen LogP contribution in [0.5, 0.6) is 0 Å². The normalized spacial score (nSPS) is 11.7. The molecule has 0 heterocycles. The lowest BCUT2D eigenvalue weighted by Crippen LogP contribution is -2.27. The summed E-state index contributed by atoms with van der Waals surface area (Å²) in [5, 5.41) is 8.43. The van der Waals surface area contributed by atoms with Gasteiger partial charge in [-0.15, -0.1) is 0 Å². The lowest BCUT2D eigenvalue weighted by atomic mass is 10.1. The first kappa shape index (κ1) is 19.4. The van der Waals surface area contributed by atoms with E-state index in [4.69, 9.17) is 5.21 Å². The van der Waals surface area contributed by atoms with Gasteiger partial charge in [-0.3, -0.25) is 10.0 Å². The SMILES string of the molecule is CC(/C=C/C(=O)NO)=C\c1ccc(N(CCI)CCI)cc1. The molecule has 0 saturated heterocycles. The smallest absolute Gasteiger partial charge is 0.267 e. The van der Waals surface area contributed by atoms with Gasteiger partial charge in [-0.1, -0.05) is 75.0 Å². The molecule has 2 N–H and O–H groups in total. The number of hydroxylamine groups is 1. The van der Waals surface area contributed by atoms with Gasteiger partial charge in [0.25, 0.3) is 5.91 Å². The number of hydrogen-bond donors (Lipinski definition) is 2. The maximum Gasteiger partial charge on any atom is 0.267 e. The molecule has 0 aliphatic rings. The molecule has 1 rings (SSSR count). The van der Waals surface area contributed by atoms with Crippen LogP contribution in [0.1, 0.15) is 12.5 Å². The van der Waals surface area contributed by atoms with E-state index < -0.39 is 5.91 Å². The zero-order valence-corrected chi connectivity index (χ0v) is 16.7. The van der Waals surface area contributed by atoms with Crippen molar-refractivity contribution in [3.8, 4) is 0 Å². The standard InChI is InChI=1S/C16H20I2N2O2/c1-13(2-7-16(21)19-22)12-14-3-5-15(6-4-14)20(10-8-17)11-9-18/h2-7,12,22H,8-11H2,1H3,(H,19,21)/b7-2+,13-12+. The molecule has 0 fully saturated rings. The van der Waals surface area contributed by atoms with E-state index >= 15 is 0 Å². The second kappa shape index (κ2) is 11.0. The number of halogens is 2. The van der Waals surface area contributed by atoms with Crippen LogP contribution in [0.15, 0.2) is 42.0 Å². The summed E-state index contributed by atoms with van der Waals surface area (Å²) in [5.41, 5.74) is 4.82. The molecule has 120 valence electrons. The second-order valence-corrected chi connectivity index (χ2v) is 6.81. The maximum absolute atomic E-state index is 10.9. The first-order valence-corrected chi connectivity index (χ1v) is 9.93. The molecule has 1 amide bonds. The number of benzene rings is 1. The van der Waals surface area contributed by atoms with Gasteiger partial charge < -0.3 is 4.90 Å². The summed E-state index contributed by atoms with van der Waals surface area (Å²) in [6.45, 7) is 4.01. The Morgan fingerprint density at radius 2 is 1.77 bits per heavy atom. The minimum absolute atomic E-state index is 0.531. The number of nitrogens with zero attached hydrogens (tertiary/aromatic N) is 1. The minimum Gasteiger partial charge on any atom is -0.370 e. The third-order valence-electron chi connectivity index (χ3n) is 2.97. The number of rotatable bonds is 8. The Labute approximate surface area is 158 Å². The molecule has 4 nitrogen and oxygen atoms in total. The van der Waals surface area contributed by atoms with Crippen LogP contribution in [0, 0.1) is 0 Å². The summed E-state index contributed by atoms with van der Waals surface area (Å²) in [7, 11) is 0. The van der Waals surface area contributed by atoms with Crippen LogP contribution in [0.25, 0.3) is 6.08 Å². The molecular formula is C16H20I2N2O2. The van der Waals surface area contributed by atoms with Gasteiger partial charge in [-0.2, -0.15) is 0 Å². The molecule has 22 heavy (non-hydrogen) atoms. The van der Waals surface area contributed by atoms with Crippen LogP contribution in [-0.2, 0) is 4.79 Å². The molecule has 1 aromatic rings. The molecule has 0 unspecified atom stereocenters. The quantitative estimate of drug-likeness (QED) is 0.135. The van der Waals surface area contributed by atoms with Gasteiger partial charge in [0, 0.05) is 33.7 Å². The summed E-state index contributed by atoms with van der Waals surface area (Å²) in [5.74, 6) is -0.531. The Morgan fingerprint density at radius 1 is 1.18 bits per heavy atom. The van der Waals surface area contributed by atoms with E-state index in [0.29, 0.717) is 0 Å². The Hall–Kier alpha value is -0.610. The van der Waals surface area contributed by atoms with Gasteiger partial charge in [0.1, 0.15) is 0 Å². The number of alkyl halides is 2. The van der Waals surface area contributed by atoms with E-state index in [0.717, 1.165) is 33.1 Å². The fraction of sp³-hybridized carbons (Fsp3) is 0.312. The molecule has 0 aliphatic heterocycles. The van der Waals surface area contributed by atoms with Crippen LogP contribution >= 0.6 is 45.2 Å². The number of allylic oxidation sites excluding steroid dienone is 2. The average Bonchev–Trinajstić information content (AvgIpc) is 2.53. The van der Waals surface area contributed by atoms with Crippen molar-refractivity contribution in [3.63, 3.8) is 0 Å². The summed E-state index contributed by atoms with van der Waals surface area (Å²) in [6, 6.07) is 8.40. The number of nitrogens with one attached hydrogen (secondary N) is 1. The molecule has 0 bridgehead atoms. The third kappa shape index (κ3) is 7.10. The fourth-order valence-electron chi connectivity index (χ4n) is 1.91. The van der Waals surface area contributed by atoms with E-state index in [2.05, 4.69) is 74.3 Å². The lowest BCUT2D eigenvalue weighted by Gasteiger charge is -2.23. The molecule has 1 aromatic carbocycles. The first-order chi connectivity index (χ1) is 10.6. The number of anilines is 1.